The van der Waals surface area contributed by atoms with E-state index in [9.17, 15) is 10.1 Å². The summed E-state index contributed by atoms with van der Waals surface area (Å²) in [6.07, 6.45) is 0. The number of hydrogen-bond acceptors (Lipinski definition) is 4. The molecule has 5 heteroatoms. The summed E-state index contributed by atoms with van der Waals surface area (Å²) in [5.74, 6) is 0. The Balaban J connectivity index is 3.08. The minimum atomic E-state index is -0.455. The zero-order valence-electron chi connectivity index (χ0n) is 4.62. The molecule has 0 aromatic carbocycles. The van der Waals surface area contributed by atoms with Crippen LogP contribution in [0.5, 0.6) is 0 Å². The lowest BCUT2D eigenvalue weighted by molar-refractivity contribution is -0.380. The Labute approximate surface area is 55.3 Å². The van der Waals surface area contributed by atoms with Crippen molar-refractivity contribution in [1.82, 2.24) is 4.98 Å². The smallest absolute Gasteiger partial charge is 0.257 e. The first kappa shape index (κ1) is 6.15. The van der Waals surface area contributed by atoms with Crippen molar-refractivity contribution >= 4 is 16.3 Å². The van der Waals surface area contributed by atoms with Gasteiger partial charge in [0.1, 0.15) is 5.69 Å². The predicted octanol–water partition coefficient (Wildman–Crippen LogP) is 1.16. The monoisotopic (exact) mass is 143 g/mol. The van der Waals surface area contributed by atoms with Gasteiger partial charge >= 0.3 is 5.00 Å². The molecule has 0 spiro atoms. The summed E-state index contributed by atoms with van der Waals surface area (Å²) in [6.45, 7) is 1.59. The first-order valence-corrected chi connectivity index (χ1v) is 3.01. The standard InChI is InChI=1S/C4H3N2O2S/c1-3-4(6(7)8)9-2-5-3/h1H3. The zero-order chi connectivity index (χ0) is 6.85. The molecule has 4 nitrogen and oxygen atoms in total. The maximum Gasteiger partial charge on any atom is 0.347 e. The van der Waals surface area contributed by atoms with Crippen LogP contribution in [0.1, 0.15) is 5.69 Å². The van der Waals surface area contributed by atoms with Crippen LogP contribution in [0.2, 0.25) is 0 Å². The Morgan fingerprint density at radius 3 is 2.78 bits per heavy atom. The van der Waals surface area contributed by atoms with Crippen molar-refractivity contribution in [3.8, 4) is 0 Å². The van der Waals surface area contributed by atoms with Crippen molar-refractivity contribution in [2.45, 2.75) is 6.92 Å². The molecule has 0 saturated heterocycles. The van der Waals surface area contributed by atoms with Gasteiger partial charge in [-0.25, -0.2) is 4.98 Å². The fourth-order valence-electron chi connectivity index (χ4n) is 0.426. The van der Waals surface area contributed by atoms with Gasteiger partial charge in [0.05, 0.1) is 4.92 Å². The van der Waals surface area contributed by atoms with Gasteiger partial charge in [-0.05, 0) is 18.3 Å². The predicted molar refractivity (Wildman–Crippen MR) is 32.3 cm³/mol. The number of nitrogens with zero attached hydrogens (tertiary/aromatic N) is 2. The van der Waals surface area contributed by atoms with E-state index >= 15 is 0 Å². The van der Waals surface area contributed by atoms with E-state index in [2.05, 4.69) is 10.5 Å². The van der Waals surface area contributed by atoms with Crippen LogP contribution in [0.25, 0.3) is 0 Å². The highest BCUT2D eigenvalue weighted by Crippen LogP contribution is 2.20. The molecule has 0 atom stereocenters. The highest BCUT2D eigenvalue weighted by Gasteiger charge is 2.11. The highest BCUT2D eigenvalue weighted by atomic mass is 32.1. The molecule has 47 valence electrons. The molecule has 1 aromatic heterocycles. The third kappa shape index (κ3) is 1.05. The molecule has 0 amide bonds. The molecule has 0 N–H and O–H groups in total. The van der Waals surface area contributed by atoms with Gasteiger partial charge in [-0.2, -0.15) is 0 Å². The minimum Gasteiger partial charge on any atom is -0.257 e. The number of nitro groups is 1. The minimum absolute atomic E-state index is 0.0787. The van der Waals surface area contributed by atoms with Gasteiger partial charge in [0.25, 0.3) is 0 Å². The third-order valence-electron chi connectivity index (χ3n) is 0.831. The van der Waals surface area contributed by atoms with Crippen LogP contribution in [-0.2, 0) is 0 Å². The van der Waals surface area contributed by atoms with Gasteiger partial charge in [0, 0.05) is 0 Å². The molecule has 9 heavy (non-hydrogen) atoms. The lowest BCUT2D eigenvalue weighted by atomic mass is 10.5. The van der Waals surface area contributed by atoms with Crippen LogP contribution in [0, 0.1) is 22.5 Å². The molecule has 0 aliphatic carbocycles. The van der Waals surface area contributed by atoms with Gasteiger partial charge in [-0.15, -0.1) is 0 Å². The molecule has 1 radical (unpaired) electrons. The summed E-state index contributed by atoms with van der Waals surface area (Å²) in [7, 11) is 0. The lowest BCUT2D eigenvalue weighted by Crippen LogP contribution is -1.85. The van der Waals surface area contributed by atoms with Crippen LogP contribution in [0.4, 0.5) is 5.00 Å². The van der Waals surface area contributed by atoms with E-state index in [0.717, 1.165) is 11.3 Å². The van der Waals surface area contributed by atoms with Crippen molar-refractivity contribution < 1.29 is 4.92 Å². The van der Waals surface area contributed by atoms with Gasteiger partial charge in [-0.3, -0.25) is 10.1 Å². The second-order valence-electron chi connectivity index (χ2n) is 1.45. The average molecular weight is 143 g/mol. The zero-order valence-corrected chi connectivity index (χ0v) is 5.44. The van der Waals surface area contributed by atoms with Crippen LogP contribution in [0.15, 0.2) is 0 Å². The van der Waals surface area contributed by atoms with E-state index in [4.69, 9.17) is 0 Å². The summed E-state index contributed by atoms with van der Waals surface area (Å²) < 4.78 is 0. The third-order valence-corrected chi connectivity index (χ3v) is 1.65. The summed E-state index contributed by atoms with van der Waals surface area (Å²) in [6, 6.07) is 0. The summed E-state index contributed by atoms with van der Waals surface area (Å²) in [5.41, 5.74) is 2.86. The lowest BCUT2D eigenvalue weighted by Gasteiger charge is -1.81. The Morgan fingerprint density at radius 2 is 2.56 bits per heavy atom. The topological polar surface area (TPSA) is 56.0 Å². The Hall–Kier alpha value is -0.970. The van der Waals surface area contributed by atoms with Crippen molar-refractivity contribution in [3.05, 3.63) is 21.3 Å². The molecule has 0 unspecified atom stereocenters. The normalized spacial score (nSPS) is 9.44. The quantitative estimate of drug-likeness (QED) is 0.437. The molecule has 0 fully saturated rings. The largest absolute Gasteiger partial charge is 0.347 e. The molecule has 1 rings (SSSR count). The SMILES string of the molecule is Cc1n[c]sc1[N+](=O)[O-]. The van der Waals surface area contributed by atoms with Crippen molar-refractivity contribution in [2.75, 3.05) is 0 Å². The summed E-state index contributed by atoms with van der Waals surface area (Å²) in [5, 5.41) is 10.1. The van der Waals surface area contributed by atoms with Gasteiger partial charge in [0.15, 0.2) is 5.51 Å². The van der Waals surface area contributed by atoms with E-state index in [-0.39, 0.29) is 5.00 Å². The van der Waals surface area contributed by atoms with E-state index in [1.54, 1.807) is 6.92 Å². The second kappa shape index (κ2) is 2.10. The maximum atomic E-state index is 10.0. The number of thiazole rings is 1. The molecule has 1 aromatic rings. The maximum absolute atomic E-state index is 10.0. The fraction of sp³-hybridized carbons (Fsp3) is 0.250. The Morgan fingerprint density at radius 1 is 1.89 bits per heavy atom. The first-order valence-electron chi connectivity index (χ1n) is 2.19. The number of rotatable bonds is 1. The number of aromatic nitrogens is 1. The van der Waals surface area contributed by atoms with Crippen LogP contribution < -0.4 is 0 Å². The van der Waals surface area contributed by atoms with Crippen LogP contribution >= 0.6 is 11.3 Å². The Kier molecular flexibility index (Phi) is 1.44. The van der Waals surface area contributed by atoms with Crippen molar-refractivity contribution in [2.24, 2.45) is 0 Å². The highest BCUT2D eigenvalue weighted by molar-refractivity contribution is 7.12. The van der Waals surface area contributed by atoms with E-state index in [1.165, 1.54) is 0 Å². The summed E-state index contributed by atoms with van der Waals surface area (Å²) >= 11 is 0.922. The Bertz CT molecular complexity index is 232. The van der Waals surface area contributed by atoms with E-state index < -0.39 is 4.92 Å². The van der Waals surface area contributed by atoms with Gasteiger partial charge in [-0.1, -0.05) is 0 Å². The summed E-state index contributed by atoms with van der Waals surface area (Å²) in [4.78, 5) is 13.2. The number of hydrogen-bond donors (Lipinski definition) is 0. The van der Waals surface area contributed by atoms with E-state index in [0.29, 0.717) is 5.69 Å². The van der Waals surface area contributed by atoms with Crippen molar-refractivity contribution in [3.63, 3.8) is 0 Å². The second-order valence-corrected chi connectivity index (χ2v) is 2.23. The molecule has 0 bridgehead atoms. The fourth-order valence-corrected chi connectivity index (χ4v) is 0.963. The van der Waals surface area contributed by atoms with Crippen molar-refractivity contribution in [1.29, 1.82) is 0 Å². The molecule has 0 saturated carbocycles. The van der Waals surface area contributed by atoms with E-state index in [1.807, 2.05) is 0 Å². The average Bonchev–Trinajstić information content (AvgIpc) is 2.13. The van der Waals surface area contributed by atoms with Gasteiger partial charge < -0.3 is 0 Å². The molecular weight excluding hydrogens is 140 g/mol. The number of aryl methyl sites for hydroxylation is 1. The molecule has 1 heterocycles. The first-order chi connectivity index (χ1) is 4.22. The van der Waals surface area contributed by atoms with Crippen LogP contribution in [0.3, 0.4) is 0 Å². The molecule has 0 aliphatic heterocycles. The van der Waals surface area contributed by atoms with Gasteiger partial charge in [0.2, 0.25) is 0 Å². The van der Waals surface area contributed by atoms with Crippen LogP contribution in [-0.4, -0.2) is 9.91 Å². The molecular formula is C4H3N2O2S. The molecule has 0 aliphatic rings.